The van der Waals surface area contributed by atoms with Crippen molar-refractivity contribution in [1.82, 2.24) is 4.57 Å². The van der Waals surface area contributed by atoms with E-state index in [0.29, 0.717) is 29.7 Å². The molecule has 6 nitrogen and oxygen atoms in total. The third-order valence-corrected chi connectivity index (χ3v) is 7.86. The van der Waals surface area contributed by atoms with Crippen LogP contribution in [0.3, 0.4) is 0 Å². The Morgan fingerprint density at radius 2 is 2.23 bits per heavy atom. The molecule has 0 bridgehead atoms. The number of halogens is 2. The van der Waals surface area contributed by atoms with Crippen molar-refractivity contribution in [3.8, 4) is 5.75 Å². The summed E-state index contributed by atoms with van der Waals surface area (Å²) in [6, 6.07) is 6.72. The van der Waals surface area contributed by atoms with Crippen LogP contribution in [-0.2, 0) is 9.53 Å². The monoisotopic (exact) mass is 630 g/mol. The first-order chi connectivity index (χ1) is 14.8. The van der Waals surface area contributed by atoms with Crippen LogP contribution in [0.25, 0.3) is 6.08 Å². The van der Waals surface area contributed by atoms with Gasteiger partial charge in [0, 0.05) is 14.9 Å². The molecule has 3 aromatic rings. The number of allylic oxidation sites excluding steroid dienone is 1. The van der Waals surface area contributed by atoms with Crippen molar-refractivity contribution in [3.05, 3.63) is 79.1 Å². The van der Waals surface area contributed by atoms with Gasteiger partial charge in [0.15, 0.2) is 4.80 Å². The molecule has 1 aliphatic heterocycles. The van der Waals surface area contributed by atoms with E-state index in [0.717, 1.165) is 9.35 Å². The molecule has 160 valence electrons. The Morgan fingerprint density at radius 1 is 1.45 bits per heavy atom. The number of aromatic hydroxyl groups is 1. The molecule has 1 atom stereocenters. The van der Waals surface area contributed by atoms with Gasteiger partial charge in [-0.05, 0) is 66.1 Å². The summed E-state index contributed by atoms with van der Waals surface area (Å²) in [6.45, 7) is 3.74. The third kappa shape index (κ3) is 4.18. The zero-order chi connectivity index (χ0) is 22.3. The van der Waals surface area contributed by atoms with Gasteiger partial charge < -0.3 is 9.84 Å². The maximum atomic E-state index is 13.5. The molecular weight excluding hydrogens is 615 g/mol. The van der Waals surface area contributed by atoms with E-state index < -0.39 is 12.0 Å². The molecule has 0 saturated heterocycles. The van der Waals surface area contributed by atoms with Crippen molar-refractivity contribution < 1.29 is 14.6 Å². The maximum absolute atomic E-state index is 13.5. The summed E-state index contributed by atoms with van der Waals surface area (Å²) in [7, 11) is 0. The quantitative estimate of drug-likeness (QED) is 0.350. The van der Waals surface area contributed by atoms with E-state index in [4.69, 9.17) is 4.74 Å². The number of aromatic nitrogens is 1. The molecule has 31 heavy (non-hydrogen) atoms. The summed E-state index contributed by atoms with van der Waals surface area (Å²) < 4.78 is 8.70. The lowest BCUT2D eigenvalue weighted by Crippen LogP contribution is -2.39. The predicted molar refractivity (Wildman–Crippen MR) is 133 cm³/mol. The van der Waals surface area contributed by atoms with E-state index in [1.54, 1.807) is 36.6 Å². The van der Waals surface area contributed by atoms with Gasteiger partial charge in [0.05, 0.1) is 26.0 Å². The van der Waals surface area contributed by atoms with Crippen molar-refractivity contribution in [3.63, 3.8) is 0 Å². The molecule has 1 aromatic carbocycles. The molecule has 0 saturated carbocycles. The van der Waals surface area contributed by atoms with Crippen LogP contribution in [0.2, 0.25) is 0 Å². The van der Waals surface area contributed by atoms with Crippen LogP contribution in [-0.4, -0.2) is 22.2 Å². The average molecular weight is 631 g/mol. The minimum Gasteiger partial charge on any atom is -0.506 e. The number of nitrogens with zero attached hydrogens (tertiary/aromatic N) is 2. The summed E-state index contributed by atoms with van der Waals surface area (Å²) in [4.78, 5) is 32.1. The molecule has 4 rings (SSSR count). The lowest BCUT2D eigenvalue weighted by molar-refractivity contribution is -0.139. The van der Waals surface area contributed by atoms with Gasteiger partial charge in [0.25, 0.3) is 5.56 Å². The van der Waals surface area contributed by atoms with E-state index in [9.17, 15) is 14.7 Å². The summed E-state index contributed by atoms with van der Waals surface area (Å²) in [6.07, 6.45) is 1.65. The highest BCUT2D eigenvalue weighted by Crippen LogP contribution is 2.33. The number of ether oxygens (including phenoxy) is 1. The molecule has 1 N–H and O–H groups in total. The van der Waals surface area contributed by atoms with Gasteiger partial charge in [-0.3, -0.25) is 9.36 Å². The topological polar surface area (TPSA) is 80.9 Å². The van der Waals surface area contributed by atoms with Gasteiger partial charge in [0.2, 0.25) is 0 Å². The van der Waals surface area contributed by atoms with Crippen molar-refractivity contribution in [2.45, 2.75) is 19.9 Å². The van der Waals surface area contributed by atoms with Crippen LogP contribution in [0.15, 0.2) is 55.2 Å². The average Bonchev–Trinajstić information content (AvgIpc) is 3.34. The number of benzene rings is 1. The highest BCUT2D eigenvalue weighted by atomic mass is 127. The second-order valence-corrected chi connectivity index (χ2v) is 10.7. The summed E-state index contributed by atoms with van der Waals surface area (Å²) in [5.41, 5.74) is 1.15. The Kier molecular flexibility index (Phi) is 6.52. The number of rotatable bonds is 4. The lowest BCUT2D eigenvalue weighted by Gasteiger charge is -2.23. The number of hydrogen-bond donors (Lipinski definition) is 1. The molecule has 3 heterocycles. The third-order valence-electron chi connectivity index (χ3n) is 4.67. The lowest BCUT2D eigenvalue weighted by atomic mass is 10.0. The number of thiazole rings is 1. The van der Waals surface area contributed by atoms with Crippen LogP contribution in [0.4, 0.5) is 0 Å². The summed E-state index contributed by atoms with van der Waals surface area (Å²) in [5.74, 6) is -0.372. The Morgan fingerprint density at radius 3 is 2.90 bits per heavy atom. The fourth-order valence-corrected chi connectivity index (χ4v) is 6.76. The van der Waals surface area contributed by atoms with E-state index in [-0.39, 0.29) is 17.9 Å². The molecule has 2 aromatic heterocycles. The zero-order valence-corrected chi connectivity index (χ0v) is 21.8. The van der Waals surface area contributed by atoms with Crippen LogP contribution < -0.4 is 14.9 Å². The molecule has 0 radical (unpaired) electrons. The van der Waals surface area contributed by atoms with Crippen LogP contribution in [0.5, 0.6) is 5.75 Å². The first kappa shape index (κ1) is 22.4. The Bertz CT molecular complexity index is 1390. The molecule has 0 spiro atoms. The molecule has 0 fully saturated rings. The van der Waals surface area contributed by atoms with Crippen LogP contribution in [0, 0.1) is 3.57 Å². The van der Waals surface area contributed by atoms with Gasteiger partial charge in [-0.25, -0.2) is 9.79 Å². The van der Waals surface area contributed by atoms with E-state index in [1.165, 1.54) is 22.7 Å². The number of carbonyl (C=O) groups is 1. The first-order valence-corrected chi connectivity index (χ1v) is 12.8. The summed E-state index contributed by atoms with van der Waals surface area (Å²) >= 11 is 8.16. The Balaban J connectivity index is 1.97. The van der Waals surface area contributed by atoms with Crippen molar-refractivity contribution in [1.29, 1.82) is 0 Å². The van der Waals surface area contributed by atoms with E-state index >= 15 is 0 Å². The number of phenolic OH excluding ortho intramolecular Hbond substituents is 1. The highest BCUT2D eigenvalue weighted by Gasteiger charge is 2.33. The van der Waals surface area contributed by atoms with Gasteiger partial charge in [-0.2, -0.15) is 0 Å². The maximum Gasteiger partial charge on any atom is 0.338 e. The first-order valence-electron chi connectivity index (χ1n) is 9.23. The number of thiophene rings is 1. The van der Waals surface area contributed by atoms with Crippen molar-refractivity contribution in [2.75, 3.05) is 6.61 Å². The normalized spacial score (nSPS) is 16.3. The number of esters is 1. The smallest absolute Gasteiger partial charge is 0.338 e. The number of fused-ring (bicyclic) bond motifs is 1. The minimum absolute atomic E-state index is 0.104. The van der Waals surface area contributed by atoms with E-state index in [1.807, 2.05) is 40.1 Å². The molecule has 1 unspecified atom stereocenters. The van der Waals surface area contributed by atoms with Gasteiger partial charge in [0.1, 0.15) is 11.8 Å². The molecule has 1 aliphatic rings. The van der Waals surface area contributed by atoms with Crippen molar-refractivity contribution >= 4 is 73.2 Å². The SMILES string of the molecule is CCOC(=O)C1=C(C)N=c2s/c(=C\c3cc(Br)cc(I)c3O)c(=O)n2C1c1cccs1. The van der Waals surface area contributed by atoms with Crippen molar-refractivity contribution in [2.24, 2.45) is 4.99 Å². The Hall–Kier alpha value is -1.76. The van der Waals surface area contributed by atoms with Crippen LogP contribution in [0.1, 0.15) is 30.3 Å². The van der Waals surface area contributed by atoms with E-state index in [2.05, 4.69) is 20.9 Å². The van der Waals surface area contributed by atoms with Gasteiger partial charge in [-0.1, -0.05) is 33.3 Å². The number of hydrogen-bond acceptors (Lipinski definition) is 7. The fraction of sp³-hybridized carbons (Fsp3) is 0.190. The van der Waals surface area contributed by atoms with Crippen LogP contribution >= 0.6 is 61.2 Å². The second kappa shape index (κ2) is 9.00. The van der Waals surface area contributed by atoms with Gasteiger partial charge >= 0.3 is 5.97 Å². The highest BCUT2D eigenvalue weighted by molar-refractivity contribution is 14.1. The number of carbonyl (C=O) groups excluding carboxylic acids is 1. The molecule has 10 heteroatoms. The zero-order valence-electron chi connectivity index (χ0n) is 16.4. The number of phenols is 1. The standard InChI is InChI=1S/C21H16BrIN2O4S2/c1-3-29-20(28)16-10(2)24-21-25(17(16)14-5-4-6-30-14)19(27)15(31-21)8-11-7-12(22)9-13(23)18(11)26/h4-9,17,26H,3H2,1-2H3/b15-8-. The predicted octanol–water partition coefficient (Wildman–Crippen LogP) is 3.93. The molecule has 0 aliphatic carbocycles. The summed E-state index contributed by atoms with van der Waals surface area (Å²) in [5, 5.41) is 12.3. The second-order valence-electron chi connectivity index (χ2n) is 6.64. The molecule has 0 amide bonds. The molecular formula is C21H16BrIN2O4S2. The van der Waals surface area contributed by atoms with Gasteiger partial charge in [-0.15, -0.1) is 11.3 Å². The fourth-order valence-electron chi connectivity index (χ4n) is 3.34. The Labute approximate surface area is 207 Å². The largest absolute Gasteiger partial charge is 0.506 e. The minimum atomic E-state index is -0.603.